The minimum Gasteiger partial charge on any atom is -0.316 e. The summed E-state index contributed by atoms with van der Waals surface area (Å²) in [4.78, 5) is 24.9. The van der Waals surface area contributed by atoms with Crippen molar-refractivity contribution >= 4 is 17.7 Å². The van der Waals surface area contributed by atoms with Crippen LogP contribution in [0.2, 0.25) is 0 Å². The number of hydrogen-bond donors (Lipinski definition) is 1. The highest BCUT2D eigenvalue weighted by atomic mass is 19.1. The van der Waals surface area contributed by atoms with Gasteiger partial charge in [-0.15, -0.1) is 0 Å². The molecule has 3 aromatic rings. The summed E-state index contributed by atoms with van der Waals surface area (Å²) in [6, 6.07) is 15.0. The zero-order valence-corrected chi connectivity index (χ0v) is 14.4. The van der Waals surface area contributed by atoms with Crippen LogP contribution < -0.4 is 10.9 Å². The van der Waals surface area contributed by atoms with Gasteiger partial charge in [-0.2, -0.15) is 0 Å². The van der Waals surface area contributed by atoms with Gasteiger partial charge in [0.15, 0.2) is 0 Å². The summed E-state index contributed by atoms with van der Waals surface area (Å²) in [6.07, 6.45) is 2.87. The smallest absolute Gasteiger partial charge is 0.295 e. The summed E-state index contributed by atoms with van der Waals surface area (Å²) in [6.45, 7) is 1.76. The van der Waals surface area contributed by atoms with E-state index in [1.54, 1.807) is 36.9 Å². The number of amides is 1. The molecular weight excluding hydrogens is 333 g/mol. The molecule has 2 aromatic carbocycles. The number of aromatic nitrogens is 2. The number of halogens is 1. The number of rotatable bonds is 4. The third kappa shape index (κ3) is 3.49. The Morgan fingerprint density at radius 2 is 1.73 bits per heavy atom. The van der Waals surface area contributed by atoms with Crippen molar-refractivity contribution in [3.05, 3.63) is 88.1 Å². The molecule has 0 aliphatic rings. The molecule has 0 saturated carbocycles. The Bertz CT molecular complexity index is 1020. The van der Waals surface area contributed by atoms with Gasteiger partial charge in [-0.25, -0.2) is 9.07 Å². The van der Waals surface area contributed by atoms with Gasteiger partial charge in [0.2, 0.25) is 5.91 Å². The molecular formula is C20H18FN3O2. The standard InChI is InChI=1S/C20H18FN3O2/c1-14-19(20(26)24(23(14)2)17-6-4-3-5-7-17)22-18(25)13-10-15-8-11-16(21)12-9-15/h3-13H,1-2H3,(H,22,25). The number of nitrogens with one attached hydrogen (secondary N) is 1. The number of nitrogens with zero attached hydrogens (tertiary/aromatic N) is 2. The van der Waals surface area contributed by atoms with Crippen molar-refractivity contribution in [3.8, 4) is 5.69 Å². The van der Waals surface area contributed by atoms with Gasteiger partial charge in [0.25, 0.3) is 5.56 Å². The topological polar surface area (TPSA) is 56.0 Å². The molecule has 1 heterocycles. The molecule has 0 aliphatic heterocycles. The van der Waals surface area contributed by atoms with Gasteiger partial charge in [-0.05, 0) is 42.8 Å². The Morgan fingerprint density at radius 1 is 1.08 bits per heavy atom. The summed E-state index contributed by atoms with van der Waals surface area (Å²) in [5.74, 6) is -0.770. The normalized spacial score (nSPS) is 11.0. The van der Waals surface area contributed by atoms with Crippen molar-refractivity contribution in [2.24, 2.45) is 7.05 Å². The maximum Gasteiger partial charge on any atom is 0.295 e. The molecule has 0 spiro atoms. The maximum absolute atomic E-state index is 12.9. The van der Waals surface area contributed by atoms with Crippen molar-refractivity contribution in [2.75, 3.05) is 5.32 Å². The fraction of sp³-hybridized carbons (Fsp3) is 0.100. The van der Waals surface area contributed by atoms with Crippen molar-refractivity contribution < 1.29 is 9.18 Å². The summed E-state index contributed by atoms with van der Waals surface area (Å²) >= 11 is 0. The van der Waals surface area contributed by atoms with Crippen LogP contribution in [0.3, 0.4) is 0 Å². The van der Waals surface area contributed by atoms with Gasteiger partial charge in [0.1, 0.15) is 11.5 Å². The molecule has 26 heavy (non-hydrogen) atoms. The number of anilines is 1. The molecule has 0 saturated heterocycles. The van der Waals surface area contributed by atoms with Crippen molar-refractivity contribution in [1.82, 2.24) is 9.36 Å². The average molecular weight is 351 g/mol. The van der Waals surface area contributed by atoms with E-state index in [0.29, 0.717) is 16.9 Å². The Morgan fingerprint density at radius 3 is 2.38 bits per heavy atom. The molecule has 132 valence electrons. The molecule has 0 radical (unpaired) electrons. The minimum absolute atomic E-state index is 0.227. The van der Waals surface area contributed by atoms with Gasteiger partial charge < -0.3 is 5.32 Å². The molecule has 0 aliphatic carbocycles. The fourth-order valence-corrected chi connectivity index (χ4v) is 2.62. The van der Waals surface area contributed by atoms with Crippen LogP contribution in [0.4, 0.5) is 10.1 Å². The van der Waals surface area contributed by atoms with Crippen LogP contribution >= 0.6 is 0 Å². The van der Waals surface area contributed by atoms with Crippen LogP contribution in [0.1, 0.15) is 11.3 Å². The Kier molecular flexibility index (Phi) is 4.84. The van der Waals surface area contributed by atoms with Crippen LogP contribution in [0.25, 0.3) is 11.8 Å². The first kappa shape index (κ1) is 17.4. The highest BCUT2D eigenvalue weighted by Gasteiger charge is 2.17. The van der Waals surface area contributed by atoms with Crippen LogP contribution in [-0.2, 0) is 11.8 Å². The lowest BCUT2D eigenvalue weighted by molar-refractivity contribution is -0.111. The first-order chi connectivity index (χ1) is 12.5. The predicted octanol–water partition coefficient (Wildman–Crippen LogP) is 3.28. The van der Waals surface area contributed by atoms with E-state index in [-0.39, 0.29) is 17.1 Å². The van der Waals surface area contributed by atoms with Gasteiger partial charge >= 0.3 is 0 Å². The Hall–Kier alpha value is -3.41. The quantitative estimate of drug-likeness (QED) is 0.734. The lowest BCUT2D eigenvalue weighted by Crippen LogP contribution is -2.22. The molecule has 0 unspecified atom stereocenters. The molecule has 0 fully saturated rings. The molecule has 1 N–H and O–H groups in total. The molecule has 0 bridgehead atoms. The number of hydrogen-bond acceptors (Lipinski definition) is 2. The Balaban J connectivity index is 1.85. The van der Waals surface area contributed by atoms with Gasteiger partial charge in [-0.1, -0.05) is 30.3 Å². The highest BCUT2D eigenvalue weighted by Crippen LogP contribution is 2.14. The van der Waals surface area contributed by atoms with E-state index < -0.39 is 5.91 Å². The van der Waals surface area contributed by atoms with Crippen LogP contribution in [0.15, 0.2) is 65.5 Å². The van der Waals surface area contributed by atoms with E-state index in [0.717, 1.165) is 0 Å². The van der Waals surface area contributed by atoms with E-state index in [1.807, 2.05) is 30.3 Å². The van der Waals surface area contributed by atoms with Gasteiger partial charge in [-0.3, -0.25) is 14.3 Å². The van der Waals surface area contributed by atoms with Crippen molar-refractivity contribution in [1.29, 1.82) is 0 Å². The lowest BCUT2D eigenvalue weighted by atomic mass is 10.2. The third-order valence-electron chi connectivity index (χ3n) is 4.10. The number of para-hydroxylation sites is 1. The fourth-order valence-electron chi connectivity index (χ4n) is 2.62. The van der Waals surface area contributed by atoms with Crippen molar-refractivity contribution in [2.45, 2.75) is 6.92 Å². The van der Waals surface area contributed by atoms with Crippen LogP contribution in [0.5, 0.6) is 0 Å². The third-order valence-corrected chi connectivity index (χ3v) is 4.10. The number of benzene rings is 2. The summed E-state index contributed by atoms with van der Waals surface area (Å²) < 4.78 is 16.1. The minimum atomic E-state index is -0.430. The van der Waals surface area contributed by atoms with Crippen LogP contribution in [-0.4, -0.2) is 15.3 Å². The van der Waals surface area contributed by atoms with E-state index in [1.165, 1.54) is 22.9 Å². The first-order valence-corrected chi connectivity index (χ1v) is 8.06. The molecule has 6 heteroatoms. The second-order valence-corrected chi connectivity index (χ2v) is 5.81. The summed E-state index contributed by atoms with van der Waals surface area (Å²) in [7, 11) is 1.76. The van der Waals surface area contributed by atoms with Gasteiger partial charge in [0.05, 0.1) is 11.4 Å². The molecule has 0 atom stereocenters. The zero-order chi connectivity index (χ0) is 18.7. The molecule has 1 aromatic heterocycles. The number of carbonyl (C=O) groups is 1. The van der Waals surface area contributed by atoms with Crippen LogP contribution in [0, 0.1) is 12.7 Å². The van der Waals surface area contributed by atoms with Crippen molar-refractivity contribution in [3.63, 3.8) is 0 Å². The monoisotopic (exact) mass is 351 g/mol. The summed E-state index contributed by atoms with van der Waals surface area (Å²) in [5, 5.41) is 2.64. The first-order valence-electron chi connectivity index (χ1n) is 8.06. The van der Waals surface area contributed by atoms with E-state index in [2.05, 4.69) is 5.32 Å². The summed E-state index contributed by atoms with van der Waals surface area (Å²) in [5.41, 5.74) is 1.96. The van der Waals surface area contributed by atoms with E-state index in [4.69, 9.17) is 0 Å². The second-order valence-electron chi connectivity index (χ2n) is 5.81. The molecule has 1 amide bonds. The SMILES string of the molecule is Cc1c(NC(=O)C=Cc2ccc(F)cc2)c(=O)n(-c2ccccc2)n1C. The average Bonchev–Trinajstić information content (AvgIpc) is 2.85. The lowest BCUT2D eigenvalue weighted by Gasteiger charge is -2.07. The maximum atomic E-state index is 12.9. The van der Waals surface area contributed by atoms with Gasteiger partial charge in [0, 0.05) is 13.1 Å². The predicted molar refractivity (Wildman–Crippen MR) is 99.8 cm³/mol. The zero-order valence-electron chi connectivity index (χ0n) is 14.4. The Labute approximate surface area is 150 Å². The number of carbonyl (C=O) groups excluding carboxylic acids is 1. The second kappa shape index (κ2) is 7.23. The highest BCUT2D eigenvalue weighted by molar-refractivity contribution is 6.02. The van der Waals surface area contributed by atoms with E-state index in [9.17, 15) is 14.0 Å². The van der Waals surface area contributed by atoms with E-state index >= 15 is 0 Å². The molecule has 3 rings (SSSR count). The molecule has 5 nitrogen and oxygen atoms in total. The largest absolute Gasteiger partial charge is 0.316 e.